The van der Waals surface area contributed by atoms with E-state index in [4.69, 9.17) is 16.3 Å². The topological polar surface area (TPSA) is 71.5 Å². The highest BCUT2D eigenvalue weighted by Gasteiger charge is 2.23. The highest BCUT2D eigenvalue weighted by molar-refractivity contribution is 6.30. The van der Waals surface area contributed by atoms with Crippen molar-refractivity contribution in [3.8, 4) is 0 Å². The second-order valence-electron chi connectivity index (χ2n) is 6.93. The Labute approximate surface area is 169 Å². The van der Waals surface area contributed by atoms with Crippen LogP contribution in [0.2, 0.25) is 5.02 Å². The zero-order valence-electron chi connectivity index (χ0n) is 15.6. The molecule has 2 heterocycles. The van der Waals surface area contributed by atoms with Crippen LogP contribution < -0.4 is 5.32 Å². The summed E-state index contributed by atoms with van der Waals surface area (Å²) in [6, 6.07) is 10.6. The molecule has 0 spiro atoms. The summed E-state index contributed by atoms with van der Waals surface area (Å²) in [7, 11) is 0. The van der Waals surface area contributed by atoms with E-state index in [1.165, 1.54) is 0 Å². The molecule has 28 heavy (non-hydrogen) atoms. The molecule has 1 aromatic heterocycles. The Morgan fingerprint density at radius 3 is 2.61 bits per heavy atom. The van der Waals surface area contributed by atoms with Crippen molar-refractivity contribution in [2.45, 2.75) is 25.8 Å². The Balaban J connectivity index is 1.64. The van der Waals surface area contributed by atoms with Crippen molar-refractivity contribution in [1.29, 1.82) is 0 Å². The van der Waals surface area contributed by atoms with Gasteiger partial charge in [0.05, 0.1) is 0 Å². The molecule has 1 aliphatic rings. The Morgan fingerprint density at radius 1 is 1.18 bits per heavy atom. The number of nitrogens with zero attached hydrogens (tertiary/aromatic N) is 2. The molecule has 1 fully saturated rings. The van der Waals surface area contributed by atoms with Crippen molar-refractivity contribution in [3.63, 3.8) is 0 Å². The number of halogens is 1. The van der Waals surface area contributed by atoms with Crippen molar-refractivity contribution in [2.24, 2.45) is 5.92 Å². The van der Waals surface area contributed by atoms with Gasteiger partial charge in [0, 0.05) is 49.3 Å². The fourth-order valence-electron chi connectivity index (χ4n) is 3.18. The molecule has 1 N–H and O–H groups in total. The van der Waals surface area contributed by atoms with Gasteiger partial charge in [-0.3, -0.25) is 14.6 Å². The lowest BCUT2D eigenvalue weighted by atomic mass is 9.96. The van der Waals surface area contributed by atoms with Crippen LogP contribution in [0, 0.1) is 5.92 Å². The number of anilines is 1. The molecule has 0 unspecified atom stereocenters. The van der Waals surface area contributed by atoms with E-state index in [-0.39, 0.29) is 18.4 Å². The zero-order valence-corrected chi connectivity index (χ0v) is 16.4. The summed E-state index contributed by atoms with van der Waals surface area (Å²) < 4.78 is 5.37. The van der Waals surface area contributed by atoms with E-state index in [9.17, 15) is 9.59 Å². The van der Waals surface area contributed by atoms with E-state index >= 15 is 0 Å². The summed E-state index contributed by atoms with van der Waals surface area (Å²) in [5.41, 5.74) is 1.54. The van der Waals surface area contributed by atoms with Gasteiger partial charge in [-0.25, -0.2) is 0 Å². The minimum atomic E-state index is -0.244. The number of nitrogens with one attached hydrogen (secondary N) is 1. The number of ether oxygens (including phenoxy) is 1. The van der Waals surface area contributed by atoms with Crippen molar-refractivity contribution in [3.05, 3.63) is 59.4 Å². The van der Waals surface area contributed by atoms with Gasteiger partial charge in [-0.15, -0.1) is 0 Å². The van der Waals surface area contributed by atoms with Crippen molar-refractivity contribution < 1.29 is 14.3 Å². The third-order valence-corrected chi connectivity index (χ3v) is 4.97. The SMILES string of the molecule is O=C(CN(Cc1cccnc1)C(=O)CC1CCOCC1)Nc1ccc(Cl)cc1. The van der Waals surface area contributed by atoms with Crippen LogP contribution in [0.4, 0.5) is 5.69 Å². The third kappa shape index (κ3) is 6.32. The van der Waals surface area contributed by atoms with Crippen molar-refractivity contribution in [1.82, 2.24) is 9.88 Å². The summed E-state index contributed by atoms with van der Waals surface area (Å²) in [6.45, 7) is 1.72. The fourth-order valence-corrected chi connectivity index (χ4v) is 3.30. The van der Waals surface area contributed by atoms with Gasteiger partial charge in [0.15, 0.2) is 0 Å². The normalized spacial score (nSPS) is 14.5. The van der Waals surface area contributed by atoms with Gasteiger partial charge in [-0.2, -0.15) is 0 Å². The lowest BCUT2D eigenvalue weighted by Crippen LogP contribution is -2.38. The third-order valence-electron chi connectivity index (χ3n) is 4.72. The van der Waals surface area contributed by atoms with Gasteiger partial charge in [-0.05, 0) is 54.7 Å². The molecule has 0 bridgehead atoms. The van der Waals surface area contributed by atoms with Crippen LogP contribution >= 0.6 is 11.6 Å². The smallest absolute Gasteiger partial charge is 0.244 e. The number of hydrogen-bond donors (Lipinski definition) is 1. The predicted molar refractivity (Wildman–Crippen MR) is 108 cm³/mol. The molecule has 0 atom stereocenters. The number of rotatable bonds is 7. The lowest BCUT2D eigenvalue weighted by molar-refractivity contribution is -0.136. The summed E-state index contributed by atoms with van der Waals surface area (Å²) in [6.07, 6.45) is 5.58. The predicted octanol–water partition coefficient (Wildman–Crippen LogP) is 3.52. The van der Waals surface area contributed by atoms with Crippen LogP contribution in [-0.2, 0) is 20.9 Å². The summed E-state index contributed by atoms with van der Waals surface area (Å²) >= 11 is 5.88. The molecule has 2 amide bonds. The Kier molecular flexibility index (Phi) is 7.39. The first-order valence-electron chi connectivity index (χ1n) is 9.40. The first kappa shape index (κ1) is 20.3. The van der Waals surface area contributed by atoms with Crippen LogP contribution in [-0.4, -0.2) is 41.5 Å². The average molecular weight is 402 g/mol. The molecule has 3 rings (SSSR count). The molecule has 0 radical (unpaired) electrons. The number of pyridine rings is 1. The van der Waals surface area contributed by atoms with Gasteiger partial charge >= 0.3 is 0 Å². The molecule has 6 nitrogen and oxygen atoms in total. The number of carbonyl (C=O) groups excluding carboxylic acids is 2. The fraction of sp³-hybridized carbons (Fsp3) is 0.381. The van der Waals surface area contributed by atoms with Gasteiger partial charge in [0.2, 0.25) is 11.8 Å². The highest BCUT2D eigenvalue weighted by atomic mass is 35.5. The summed E-state index contributed by atoms with van der Waals surface area (Å²) in [5.74, 6) is 0.0329. The molecule has 7 heteroatoms. The number of benzene rings is 1. The molecular weight excluding hydrogens is 378 g/mol. The van der Waals surface area contributed by atoms with Crippen LogP contribution in [0.25, 0.3) is 0 Å². The standard InChI is InChI=1S/C21H24ClN3O3/c22-18-3-5-19(6-4-18)24-20(26)15-25(14-17-2-1-9-23-13-17)21(27)12-16-7-10-28-11-8-16/h1-6,9,13,16H,7-8,10-12,14-15H2,(H,24,26). The van der Waals surface area contributed by atoms with Crippen molar-refractivity contribution >= 4 is 29.1 Å². The molecule has 148 valence electrons. The van der Waals surface area contributed by atoms with Crippen LogP contribution in [0.5, 0.6) is 0 Å². The second kappa shape index (κ2) is 10.2. The number of amides is 2. The number of aromatic nitrogens is 1. The van der Waals surface area contributed by atoms with Crippen LogP contribution in [0.15, 0.2) is 48.8 Å². The molecule has 2 aromatic rings. The molecule has 0 aliphatic carbocycles. The zero-order chi connectivity index (χ0) is 19.8. The Bertz CT molecular complexity index is 777. The van der Waals surface area contributed by atoms with E-state index in [1.54, 1.807) is 41.6 Å². The summed E-state index contributed by atoms with van der Waals surface area (Å²) in [5, 5.41) is 3.42. The lowest BCUT2D eigenvalue weighted by Gasteiger charge is -2.26. The Hall–Kier alpha value is -2.44. The average Bonchev–Trinajstić information content (AvgIpc) is 2.71. The molecule has 0 saturated carbocycles. The Morgan fingerprint density at radius 2 is 1.93 bits per heavy atom. The minimum Gasteiger partial charge on any atom is -0.381 e. The quantitative estimate of drug-likeness (QED) is 0.770. The largest absolute Gasteiger partial charge is 0.381 e. The molecular formula is C21H24ClN3O3. The van der Waals surface area contributed by atoms with Gasteiger partial charge in [-0.1, -0.05) is 17.7 Å². The molecule has 1 saturated heterocycles. The van der Waals surface area contributed by atoms with Gasteiger partial charge in [0.25, 0.3) is 0 Å². The van der Waals surface area contributed by atoms with Gasteiger partial charge < -0.3 is 15.0 Å². The molecule has 1 aromatic carbocycles. The first-order chi connectivity index (χ1) is 13.6. The van der Waals surface area contributed by atoms with E-state index in [2.05, 4.69) is 10.3 Å². The maximum Gasteiger partial charge on any atom is 0.244 e. The van der Waals surface area contributed by atoms with E-state index < -0.39 is 0 Å². The monoisotopic (exact) mass is 401 g/mol. The number of hydrogen-bond acceptors (Lipinski definition) is 4. The highest BCUT2D eigenvalue weighted by Crippen LogP contribution is 2.20. The summed E-state index contributed by atoms with van der Waals surface area (Å²) in [4.78, 5) is 31.1. The van der Waals surface area contributed by atoms with E-state index in [0.717, 1.165) is 18.4 Å². The second-order valence-corrected chi connectivity index (χ2v) is 7.36. The van der Waals surface area contributed by atoms with Crippen molar-refractivity contribution in [2.75, 3.05) is 25.1 Å². The first-order valence-corrected chi connectivity index (χ1v) is 9.78. The maximum atomic E-state index is 12.9. The minimum absolute atomic E-state index is 0.0143. The van der Waals surface area contributed by atoms with E-state index in [0.29, 0.717) is 42.8 Å². The van der Waals surface area contributed by atoms with Crippen LogP contribution in [0.3, 0.4) is 0 Å². The maximum absolute atomic E-state index is 12.9. The van der Waals surface area contributed by atoms with Gasteiger partial charge in [0.1, 0.15) is 6.54 Å². The molecule has 1 aliphatic heterocycles. The van der Waals surface area contributed by atoms with Crippen LogP contribution in [0.1, 0.15) is 24.8 Å². The number of carbonyl (C=O) groups is 2. The van der Waals surface area contributed by atoms with E-state index in [1.807, 2.05) is 12.1 Å².